The summed E-state index contributed by atoms with van der Waals surface area (Å²) in [6.07, 6.45) is 4.51. The summed E-state index contributed by atoms with van der Waals surface area (Å²) in [6.45, 7) is 1.91. The molecule has 6 heteroatoms. The molecule has 1 aromatic heterocycles. The van der Waals surface area contributed by atoms with Gasteiger partial charge in [0.15, 0.2) is 5.84 Å². The minimum atomic E-state index is -0.694. The van der Waals surface area contributed by atoms with Crippen molar-refractivity contribution in [1.29, 1.82) is 0 Å². The third kappa shape index (κ3) is 2.73. The molecule has 1 heterocycles. The second-order valence-corrected chi connectivity index (χ2v) is 5.93. The molecular weight excluding hydrogens is 262 g/mol. The summed E-state index contributed by atoms with van der Waals surface area (Å²) in [4.78, 5) is 13.0. The topological polar surface area (TPSA) is 87.7 Å². The monoisotopic (exact) mass is 281 g/mol. The number of nitrogens with one attached hydrogen (secondary N) is 1. The maximum atomic E-state index is 12.3. The van der Waals surface area contributed by atoms with E-state index in [0.717, 1.165) is 37.7 Å². The Bertz CT molecular complexity index is 490. The van der Waals surface area contributed by atoms with Crippen LogP contribution in [0.15, 0.2) is 16.6 Å². The Kier molecular flexibility index (Phi) is 4.09. The molecule has 1 amide bonds. The summed E-state index contributed by atoms with van der Waals surface area (Å²) in [5.41, 5.74) is 6.07. The first-order valence-electron chi connectivity index (χ1n) is 6.44. The predicted octanol–water partition coefficient (Wildman–Crippen LogP) is 2.24. The smallest absolute Gasteiger partial charge is 0.262 e. The first-order chi connectivity index (χ1) is 9.09. The Labute approximate surface area is 116 Å². The number of hydrogen-bond donors (Lipinski definition) is 3. The molecule has 1 saturated carbocycles. The van der Waals surface area contributed by atoms with Gasteiger partial charge in [-0.25, -0.2) is 0 Å². The second-order valence-electron chi connectivity index (χ2n) is 5.01. The summed E-state index contributed by atoms with van der Waals surface area (Å²) in [6, 6.07) is 1.91. The molecule has 1 aliphatic rings. The van der Waals surface area contributed by atoms with Crippen LogP contribution in [0.5, 0.6) is 0 Å². The lowest BCUT2D eigenvalue weighted by atomic mass is 9.80. The summed E-state index contributed by atoms with van der Waals surface area (Å²) in [7, 11) is 0. The molecular formula is C13H19N3O2S. The van der Waals surface area contributed by atoms with E-state index in [0.29, 0.717) is 4.88 Å². The van der Waals surface area contributed by atoms with Crippen molar-refractivity contribution in [2.24, 2.45) is 10.9 Å². The van der Waals surface area contributed by atoms with E-state index in [2.05, 4.69) is 10.5 Å². The Morgan fingerprint density at radius 1 is 1.47 bits per heavy atom. The van der Waals surface area contributed by atoms with Gasteiger partial charge in [0.05, 0.1) is 4.88 Å². The van der Waals surface area contributed by atoms with Crippen molar-refractivity contribution < 1.29 is 10.0 Å². The van der Waals surface area contributed by atoms with Crippen molar-refractivity contribution in [3.63, 3.8) is 0 Å². The van der Waals surface area contributed by atoms with Crippen LogP contribution in [-0.4, -0.2) is 22.5 Å². The van der Waals surface area contributed by atoms with Gasteiger partial charge in [0.2, 0.25) is 0 Å². The highest BCUT2D eigenvalue weighted by molar-refractivity contribution is 7.12. The third-order valence-electron chi connectivity index (χ3n) is 3.73. The van der Waals surface area contributed by atoms with Gasteiger partial charge >= 0.3 is 0 Å². The highest BCUT2D eigenvalue weighted by atomic mass is 32.1. The van der Waals surface area contributed by atoms with Gasteiger partial charge < -0.3 is 16.3 Å². The van der Waals surface area contributed by atoms with Gasteiger partial charge in [-0.05, 0) is 36.8 Å². The predicted molar refractivity (Wildman–Crippen MR) is 75.7 cm³/mol. The average Bonchev–Trinajstić information content (AvgIpc) is 2.85. The van der Waals surface area contributed by atoms with Gasteiger partial charge in [0, 0.05) is 0 Å². The van der Waals surface area contributed by atoms with Gasteiger partial charge in [-0.3, -0.25) is 4.79 Å². The van der Waals surface area contributed by atoms with Gasteiger partial charge in [-0.15, -0.1) is 11.3 Å². The van der Waals surface area contributed by atoms with Crippen LogP contribution in [0.1, 0.15) is 47.3 Å². The molecule has 1 fully saturated rings. The lowest BCUT2D eigenvalue weighted by molar-refractivity contribution is 0.0909. The van der Waals surface area contributed by atoms with E-state index in [-0.39, 0.29) is 11.7 Å². The normalized spacial score (nSPS) is 19.1. The fraction of sp³-hybridized carbons (Fsp3) is 0.538. The number of carbonyl (C=O) groups is 1. The molecule has 2 rings (SSSR count). The molecule has 0 aliphatic heterocycles. The van der Waals surface area contributed by atoms with Crippen molar-refractivity contribution in [3.05, 3.63) is 21.9 Å². The van der Waals surface area contributed by atoms with Crippen LogP contribution >= 0.6 is 11.3 Å². The molecule has 0 atom stereocenters. The van der Waals surface area contributed by atoms with Gasteiger partial charge in [0.1, 0.15) is 5.54 Å². The number of thiophene rings is 1. The van der Waals surface area contributed by atoms with Crippen LogP contribution in [-0.2, 0) is 0 Å². The Morgan fingerprint density at radius 2 is 2.16 bits per heavy atom. The van der Waals surface area contributed by atoms with E-state index in [4.69, 9.17) is 10.9 Å². The second kappa shape index (κ2) is 5.61. The van der Waals surface area contributed by atoms with E-state index >= 15 is 0 Å². The fourth-order valence-corrected chi connectivity index (χ4v) is 3.40. The van der Waals surface area contributed by atoms with Crippen LogP contribution < -0.4 is 11.1 Å². The molecule has 0 bridgehead atoms. The molecule has 0 spiro atoms. The first-order valence-corrected chi connectivity index (χ1v) is 7.32. The zero-order chi connectivity index (χ0) is 13.9. The van der Waals surface area contributed by atoms with Crippen LogP contribution in [0.3, 0.4) is 0 Å². The van der Waals surface area contributed by atoms with E-state index in [1.54, 1.807) is 0 Å². The molecule has 4 N–H and O–H groups in total. The van der Waals surface area contributed by atoms with Gasteiger partial charge in [-0.2, -0.15) is 0 Å². The largest absolute Gasteiger partial charge is 0.409 e. The average molecular weight is 281 g/mol. The van der Waals surface area contributed by atoms with Crippen molar-refractivity contribution >= 4 is 23.1 Å². The maximum Gasteiger partial charge on any atom is 0.262 e. The van der Waals surface area contributed by atoms with Crippen LogP contribution in [0, 0.1) is 6.92 Å². The molecule has 104 valence electrons. The standard InChI is InChI=1S/C13H19N3O2S/c1-9-5-8-19-10(9)11(17)15-13(12(14)16-18)6-3-2-4-7-13/h5,8,18H,2-4,6-7H2,1H3,(H2,14,16)(H,15,17). The molecule has 1 aromatic rings. The number of hydrogen-bond acceptors (Lipinski definition) is 4. The lowest BCUT2D eigenvalue weighted by Gasteiger charge is -2.36. The minimum absolute atomic E-state index is 0.106. The molecule has 0 aromatic carbocycles. The summed E-state index contributed by atoms with van der Waals surface area (Å²) < 4.78 is 0. The third-order valence-corrected chi connectivity index (χ3v) is 4.74. The van der Waals surface area contributed by atoms with Gasteiger partial charge in [0.25, 0.3) is 5.91 Å². The van der Waals surface area contributed by atoms with Crippen LogP contribution in [0.25, 0.3) is 0 Å². The lowest BCUT2D eigenvalue weighted by Crippen LogP contribution is -2.58. The molecule has 0 radical (unpaired) electrons. The van der Waals surface area contributed by atoms with Gasteiger partial charge in [-0.1, -0.05) is 24.4 Å². The zero-order valence-electron chi connectivity index (χ0n) is 11.0. The number of amidine groups is 1. The SMILES string of the molecule is Cc1ccsc1C(=O)NC1(/C(N)=N/O)CCCCC1. The Morgan fingerprint density at radius 3 is 2.68 bits per heavy atom. The quantitative estimate of drug-likeness (QED) is 0.343. The minimum Gasteiger partial charge on any atom is -0.409 e. The summed E-state index contributed by atoms with van der Waals surface area (Å²) >= 11 is 1.41. The molecule has 0 saturated heterocycles. The van der Waals surface area contributed by atoms with Crippen molar-refractivity contribution in [2.45, 2.75) is 44.6 Å². The van der Waals surface area contributed by atoms with E-state index in [1.165, 1.54) is 11.3 Å². The Balaban J connectivity index is 2.21. The number of aryl methyl sites for hydroxylation is 1. The summed E-state index contributed by atoms with van der Waals surface area (Å²) in [5, 5.41) is 17.0. The van der Waals surface area contributed by atoms with Crippen LogP contribution in [0.2, 0.25) is 0 Å². The summed E-state index contributed by atoms with van der Waals surface area (Å²) in [5.74, 6) is -0.0317. The molecule has 1 aliphatic carbocycles. The van der Waals surface area contributed by atoms with Crippen molar-refractivity contribution in [3.8, 4) is 0 Å². The number of rotatable bonds is 3. The van der Waals surface area contributed by atoms with Crippen molar-refractivity contribution in [2.75, 3.05) is 0 Å². The number of nitrogens with two attached hydrogens (primary N) is 1. The molecule has 5 nitrogen and oxygen atoms in total. The van der Waals surface area contributed by atoms with Crippen LogP contribution in [0.4, 0.5) is 0 Å². The number of nitrogens with zero attached hydrogens (tertiary/aromatic N) is 1. The molecule has 0 unspecified atom stereocenters. The van der Waals surface area contributed by atoms with E-state index in [9.17, 15) is 4.79 Å². The van der Waals surface area contributed by atoms with E-state index < -0.39 is 5.54 Å². The number of oxime groups is 1. The fourth-order valence-electron chi connectivity index (χ4n) is 2.58. The number of amides is 1. The highest BCUT2D eigenvalue weighted by Gasteiger charge is 2.38. The maximum absolute atomic E-state index is 12.3. The van der Waals surface area contributed by atoms with E-state index in [1.807, 2.05) is 18.4 Å². The first kappa shape index (κ1) is 13.9. The number of carbonyl (C=O) groups excluding carboxylic acids is 1. The molecule has 19 heavy (non-hydrogen) atoms. The Hall–Kier alpha value is -1.56. The highest BCUT2D eigenvalue weighted by Crippen LogP contribution is 2.29. The van der Waals surface area contributed by atoms with Crippen molar-refractivity contribution in [1.82, 2.24) is 5.32 Å². The zero-order valence-corrected chi connectivity index (χ0v) is 11.8.